The first kappa shape index (κ1) is 15.4. The molecule has 0 amide bonds. The lowest BCUT2D eigenvalue weighted by atomic mass is 10.1. The Kier molecular flexibility index (Phi) is 6.24. The normalized spacial score (nSPS) is 12.2. The van der Waals surface area contributed by atoms with Gasteiger partial charge in [0.25, 0.3) is 0 Å². The van der Waals surface area contributed by atoms with Gasteiger partial charge in [-0.1, -0.05) is 13.0 Å². The molecular weight excluding hydrogens is 248 g/mol. The topological polar surface area (TPSA) is 87.6 Å². The van der Waals surface area contributed by atoms with Crippen LogP contribution in [0.15, 0.2) is 18.2 Å². The van der Waals surface area contributed by atoms with Crippen molar-refractivity contribution in [2.75, 3.05) is 20.3 Å². The van der Waals surface area contributed by atoms with Crippen molar-refractivity contribution in [1.29, 1.82) is 0 Å². The summed E-state index contributed by atoms with van der Waals surface area (Å²) < 4.78 is 10.4. The summed E-state index contributed by atoms with van der Waals surface area (Å²) in [7, 11) is 1.59. The van der Waals surface area contributed by atoms with Crippen LogP contribution in [0.3, 0.4) is 0 Å². The van der Waals surface area contributed by atoms with Crippen molar-refractivity contribution in [3.63, 3.8) is 0 Å². The molecule has 0 fully saturated rings. The van der Waals surface area contributed by atoms with Gasteiger partial charge >= 0.3 is 5.69 Å². The van der Waals surface area contributed by atoms with Crippen molar-refractivity contribution in [3.05, 3.63) is 33.9 Å². The zero-order valence-corrected chi connectivity index (χ0v) is 11.3. The van der Waals surface area contributed by atoms with E-state index in [1.165, 1.54) is 6.07 Å². The molecule has 6 heteroatoms. The first-order valence-electron chi connectivity index (χ1n) is 6.23. The van der Waals surface area contributed by atoms with Crippen molar-refractivity contribution >= 4 is 5.69 Å². The van der Waals surface area contributed by atoms with Gasteiger partial charge in [-0.05, 0) is 24.5 Å². The lowest BCUT2D eigenvalue weighted by Gasteiger charge is -2.12. The molecule has 19 heavy (non-hydrogen) atoms. The smallest absolute Gasteiger partial charge is 0.310 e. The molecule has 1 rings (SSSR count). The summed E-state index contributed by atoms with van der Waals surface area (Å²) in [6, 6.07) is 4.71. The number of nitro benzene ring substituents is 1. The summed E-state index contributed by atoms with van der Waals surface area (Å²) in [5.41, 5.74) is 6.75. The molecule has 1 atom stereocenters. The molecule has 0 bridgehead atoms. The number of methoxy groups -OCH3 is 1. The Labute approximate surface area is 112 Å². The van der Waals surface area contributed by atoms with E-state index >= 15 is 0 Å². The van der Waals surface area contributed by atoms with Crippen LogP contribution in [0.25, 0.3) is 0 Å². The third-order valence-electron chi connectivity index (χ3n) is 2.56. The molecule has 0 saturated heterocycles. The Morgan fingerprint density at radius 2 is 2.21 bits per heavy atom. The molecule has 2 N–H and O–H groups in total. The van der Waals surface area contributed by atoms with Crippen molar-refractivity contribution in [2.24, 2.45) is 5.73 Å². The minimum Gasteiger partial charge on any atom is -0.487 e. The Hall–Kier alpha value is -1.66. The van der Waals surface area contributed by atoms with E-state index < -0.39 is 4.92 Å². The van der Waals surface area contributed by atoms with E-state index in [2.05, 4.69) is 0 Å². The van der Waals surface area contributed by atoms with Crippen LogP contribution in [-0.4, -0.2) is 31.3 Å². The molecule has 6 nitrogen and oxygen atoms in total. The van der Waals surface area contributed by atoms with E-state index in [4.69, 9.17) is 15.2 Å². The van der Waals surface area contributed by atoms with Crippen molar-refractivity contribution in [3.8, 4) is 5.75 Å². The van der Waals surface area contributed by atoms with Crippen LogP contribution >= 0.6 is 0 Å². The number of ether oxygens (including phenoxy) is 2. The van der Waals surface area contributed by atoms with Crippen LogP contribution < -0.4 is 10.5 Å². The lowest BCUT2D eigenvalue weighted by Crippen LogP contribution is -2.27. The van der Waals surface area contributed by atoms with Crippen LogP contribution in [0.2, 0.25) is 0 Å². The monoisotopic (exact) mass is 268 g/mol. The fraction of sp³-hybridized carbons (Fsp3) is 0.538. The number of rotatable bonds is 8. The highest BCUT2D eigenvalue weighted by Crippen LogP contribution is 2.28. The highest BCUT2D eigenvalue weighted by molar-refractivity contribution is 5.48. The predicted molar refractivity (Wildman–Crippen MR) is 72.4 cm³/mol. The van der Waals surface area contributed by atoms with Crippen LogP contribution in [-0.2, 0) is 11.2 Å². The van der Waals surface area contributed by atoms with Gasteiger partial charge in [-0.25, -0.2) is 0 Å². The van der Waals surface area contributed by atoms with E-state index in [0.29, 0.717) is 25.4 Å². The van der Waals surface area contributed by atoms with Crippen LogP contribution in [0.4, 0.5) is 5.69 Å². The van der Waals surface area contributed by atoms with Crippen LogP contribution in [0, 0.1) is 10.1 Å². The van der Waals surface area contributed by atoms with Gasteiger partial charge in [-0.15, -0.1) is 0 Å². The fourth-order valence-electron chi connectivity index (χ4n) is 1.74. The molecule has 1 aromatic carbocycles. The largest absolute Gasteiger partial charge is 0.487 e. The van der Waals surface area contributed by atoms with E-state index in [1.807, 2.05) is 6.92 Å². The molecule has 1 aromatic rings. The molecule has 0 aliphatic heterocycles. The summed E-state index contributed by atoms with van der Waals surface area (Å²) in [6.45, 7) is 2.85. The minimum atomic E-state index is -0.441. The second-order valence-electron chi connectivity index (χ2n) is 4.33. The summed E-state index contributed by atoms with van der Waals surface area (Å²) in [4.78, 5) is 10.5. The molecule has 0 spiro atoms. The van der Waals surface area contributed by atoms with Gasteiger partial charge in [-0.3, -0.25) is 10.1 Å². The number of nitrogens with zero attached hydrogens (tertiary/aromatic N) is 1. The van der Waals surface area contributed by atoms with E-state index in [1.54, 1.807) is 19.2 Å². The molecule has 0 aliphatic rings. The Morgan fingerprint density at radius 3 is 2.79 bits per heavy atom. The van der Waals surface area contributed by atoms with Gasteiger partial charge in [-0.2, -0.15) is 0 Å². The first-order valence-corrected chi connectivity index (χ1v) is 6.23. The Balaban J connectivity index is 2.87. The maximum Gasteiger partial charge on any atom is 0.310 e. The summed E-state index contributed by atoms with van der Waals surface area (Å²) in [5.74, 6) is 0.300. The maximum absolute atomic E-state index is 10.9. The standard InChI is InChI=1S/C13H20N2O4/c1-3-6-19-13-8-10(7-11(14)9-18-2)4-5-12(13)15(16)17/h4-5,8,11H,3,6-7,9,14H2,1-2H3. The number of benzene rings is 1. The molecule has 106 valence electrons. The minimum absolute atomic E-state index is 0.0162. The summed E-state index contributed by atoms with van der Waals surface area (Å²) in [5, 5.41) is 10.9. The molecule has 0 heterocycles. The number of nitrogens with two attached hydrogens (primary N) is 1. The molecule has 0 aromatic heterocycles. The van der Waals surface area contributed by atoms with E-state index in [0.717, 1.165) is 12.0 Å². The first-order chi connectivity index (χ1) is 9.08. The van der Waals surface area contributed by atoms with E-state index in [-0.39, 0.29) is 11.7 Å². The second kappa shape index (κ2) is 7.70. The summed E-state index contributed by atoms with van der Waals surface area (Å²) in [6.07, 6.45) is 1.39. The number of hydrogen-bond donors (Lipinski definition) is 1. The van der Waals surface area contributed by atoms with Gasteiger partial charge in [0.2, 0.25) is 0 Å². The quantitative estimate of drug-likeness (QED) is 0.574. The molecule has 0 aliphatic carbocycles. The summed E-state index contributed by atoms with van der Waals surface area (Å²) >= 11 is 0. The van der Waals surface area contributed by atoms with E-state index in [9.17, 15) is 10.1 Å². The van der Waals surface area contributed by atoms with Crippen molar-refractivity contribution in [2.45, 2.75) is 25.8 Å². The van der Waals surface area contributed by atoms with Crippen LogP contribution in [0.5, 0.6) is 5.75 Å². The van der Waals surface area contributed by atoms with Gasteiger partial charge in [0.15, 0.2) is 5.75 Å². The fourth-order valence-corrected chi connectivity index (χ4v) is 1.74. The average molecular weight is 268 g/mol. The van der Waals surface area contributed by atoms with Crippen molar-refractivity contribution < 1.29 is 14.4 Å². The van der Waals surface area contributed by atoms with Gasteiger partial charge in [0, 0.05) is 19.2 Å². The predicted octanol–water partition coefficient (Wildman–Crippen LogP) is 1.90. The van der Waals surface area contributed by atoms with Gasteiger partial charge < -0.3 is 15.2 Å². The Bertz CT molecular complexity index is 423. The SMILES string of the molecule is CCCOc1cc(CC(N)COC)ccc1[N+](=O)[O-]. The zero-order valence-electron chi connectivity index (χ0n) is 11.3. The molecule has 1 unspecified atom stereocenters. The highest BCUT2D eigenvalue weighted by Gasteiger charge is 2.16. The molecular formula is C13H20N2O4. The lowest BCUT2D eigenvalue weighted by molar-refractivity contribution is -0.385. The number of hydrogen-bond acceptors (Lipinski definition) is 5. The highest BCUT2D eigenvalue weighted by atomic mass is 16.6. The third-order valence-corrected chi connectivity index (χ3v) is 2.56. The van der Waals surface area contributed by atoms with Crippen LogP contribution in [0.1, 0.15) is 18.9 Å². The van der Waals surface area contributed by atoms with Gasteiger partial charge in [0.05, 0.1) is 18.1 Å². The molecule has 0 radical (unpaired) electrons. The van der Waals surface area contributed by atoms with Crippen molar-refractivity contribution in [1.82, 2.24) is 0 Å². The maximum atomic E-state index is 10.9. The molecule has 0 saturated carbocycles. The average Bonchev–Trinajstić information content (AvgIpc) is 2.36. The Morgan fingerprint density at radius 1 is 1.47 bits per heavy atom. The zero-order chi connectivity index (χ0) is 14.3. The van der Waals surface area contributed by atoms with Gasteiger partial charge in [0.1, 0.15) is 0 Å². The third kappa shape index (κ3) is 4.84. The second-order valence-corrected chi connectivity index (χ2v) is 4.33. The number of nitro groups is 1.